The first kappa shape index (κ1) is 31.8. The molecule has 3 aromatic rings. The zero-order valence-corrected chi connectivity index (χ0v) is 25.0. The molecule has 1 saturated heterocycles. The molecule has 1 aliphatic rings. The number of hydrogen-bond acceptors (Lipinski definition) is 8. The number of halogens is 1. The van der Waals surface area contributed by atoms with Crippen molar-refractivity contribution in [2.45, 2.75) is 56.4 Å². The van der Waals surface area contributed by atoms with Gasteiger partial charge in [-0.1, -0.05) is 62.4 Å². The Morgan fingerprint density at radius 1 is 0.977 bits per heavy atom. The molecule has 1 amide bonds. The van der Waals surface area contributed by atoms with Gasteiger partial charge in [0, 0.05) is 30.7 Å². The Balaban J connectivity index is 1.35. The van der Waals surface area contributed by atoms with Crippen LogP contribution in [0.25, 0.3) is 0 Å². The largest absolute Gasteiger partial charge is 0.480 e. The van der Waals surface area contributed by atoms with Gasteiger partial charge in [0.05, 0.1) is 13.1 Å². The molecule has 1 heterocycles. The number of hydrogen-bond donors (Lipinski definition) is 2. The first-order valence-electron chi connectivity index (χ1n) is 13.9. The number of nitrogens with zero attached hydrogens (tertiary/aromatic N) is 1. The maximum atomic E-state index is 13.8. The predicted octanol–water partition coefficient (Wildman–Crippen LogP) is 5.78. The molecular formula is C32H35FN2O7S. The third kappa shape index (κ3) is 9.20. The smallest absolute Gasteiger partial charge is 0.410 e. The summed E-state index contributed by atoms with van der Waals surface area (Å²) in [7, 11) is 0. The first-order chi connectivity index (χ1) is 20.5. The molecule has 2 atom stereocenters. The SMILES string of the molecule is CC(C)CC(=O)OC(C)OC(=O)NC(Cc1cccc(SN2CC(Oc3cccc(F)c3)(c3ccccc3)C2)c1)C(=O)O. The second-order valence-corrected chi connectivity index (χ2v) is 11.9. The lowest BCUT2D eigenvalue weighted by Gasteiger charge is -2.49. The van der Waals surface area contributed by atoms with Gasteiger partial charge < -0.3 is 24.6 Å². The number of amides is 1. The third-order valence-electron chi connectivity index (χ3n) is 6.58. The van der Waals surface area contributed by atoms with Crippen molar-refractivity contribution in [3.8, 4) is 5.75 Å². The summed E-state index contributed by atoms with van der Waals surface area (Å²) in [5.74, 6) is -1.58. The molecule has 1 aliphatic heterocycles. The number of carboxylic acid groups (broad SMARTS) is 1. The predicted molar refractivity (Wildman–Crippen MR) is 159 cm³/mol. The molecule has 11 heteroatoms. The molecule has 0 radical (unpaired) electrons. The molecule has 0 spiro atoms. The Bertz CT molecular complexity index is 1420. The van der Waals surface area contributed by atoms with E-state index >= 15 is 0 Å². The number of alkyl carbamates (subject to hydrolysis) is 1. The normalized spacial score (nSPS) is 15.6. The van der Waals surface area contributed by atoms with Crippen molar-refractivity contribution in [1.82, 2.24) is 9.62 Å². The average molecular weight is 611 g/mol. The number of rotatable bonds is 13. The molecule has 9 nitrogen and oxygen atoms in total. The highest BCUT2D eigenvalue weighted by molar-refractivity contribution is 7.97. The molecule has 3 aromatic carbocycles. The number of esters is 1. The lowest BCUT2D eigenvalue weighted by Crippen LogP contribution is -2.59. The van der Waals surface area contributed by atoms with E-state index in [0.717, 1.165) is 10.5 Å². The summed E-state index contributed by atoms with van der Waals surface area (Å²) in [4.78, 5) is 36.9. The molecule has 0 aliphatic carbocycles. The third-order valence-corrected chi connectivity index (χ3v) is 7.56. The first-order valence-corrected chi connectivity index (χ1v) is 14.7. The monoisotopic (exact) mass is 610 g/mol. The van der Waals surface area contributed by atoms with Gasteiger partial charge in [-0.25, -0.2) is 18.3 Å². The fraction of sp³-hybridized carbons (Fsp3) is 0.344. The molecule has 1 fully saturated rings. The van der Waals surface area contributed by atoms with Crippen LogP contribution < -0.4 is 10.1 Å². The molecule has 0 saturated carbocycles. The van der Waals surface area contributed by atoms with Crippen molar-refractivity contribution in [2.75, 3.05) is 13.1 Å². The van der Waals surface area contributed by atoms with Crippen LogP contribution in [0.1, 0.15) is 38.3 Å². The van der Waals surface area contributed by atoms with Crippen LogP contribution in [0.15, 0.2) is 83.8 Å². The minimum absolute atomic E-state index is 0.0109. The van der Waals surface area contributed by atoms with Crippen molar-refractivity contribution in [2.24, 2.45) is 5.92 Å². The number of benzene rings is 3. The quantitative estimate of drug-likeness (QED) is 0.141. The fourth-order valence-corrected chi connectivity index (χ4v) is 5.81. The van der Waals surface area contributed by atoms with E-state index in [1.165, 1.54) is 31.0 Å². The molecule has 228 valence electrons. The van der Waals surface area contributed by atoms with Crippen LogP contribution in [0.5, 0.6) is 5.75 Å². The fourth-order valence-electron chi connectivity index (χ4n) is 4.62. The van der Waals surface area contributed by atoms with Gasteiger partial charge in [-0.15, -0.1) is 0 Å². The highest BCUT2D eigenvalue weighted by Gasteiger charge is 2.47. The van der Waals surface area contributed by atoms with Crippen LogP contribution in [-0.2, 0) is 31.1 Å². The Kier molecular flexibility index (Phi) is 10.7. The highest BCUT2D eigenvalue weighted by Crippen LogP contribution is 2.42. The van der Waals surface area contributed by atoms with Crippen LogP contribution in [0.3, 0.4) is 0 Å². The molecule has 2 N–H and O–H groups in total. The Morgan fingerprint density at radius 3 is 2.37 bits per heavy atom. The van der Waals surface area contributed by atoms with E-state index in [0.29, 0.717) is 24.4 Å². The Labute approximate surface area is 254 Å². The van der Waals surface area contributed by atoms with Gasteiger partial charge in [-0.3, -0.25) is 4.79 Å². The van der Waals surface area contributed by atoms with E-state index in [2.05, 4.69) is 9.62 Å². The minimum atomic E-state index is -1.26. The zero-order valence-electron chi connectivity index (χ0n) is 24.2. The van der Waals surface area contributed by atoms with Crippen LogP contribution in [0.4, 0.5) is 9.18 Å². The van der Waals surface area contributed by atoms with Crippen LogP contribution in [0, 0.1) is 11.7 Å². The molecule has 4 rings (SSSR count). The van der Waals surface area contributed by atoms with Crippen molar-refractivity contribution in [3.63, 3.8) is 0 Å². The maximum Gasteiger partial charge on any atom is 0.410 e. The topological polar surface area (TPSA) is 114 Å². The summed E-state index contributed by atoms with van der Waals surface area (Å²) in [6.07, 6.45) is -1.98. The number of nitrogens with one attached hydrogen (secondary N) is 1. The summed E-state index contributed by atoms with van der Waals surface area (Å²) in [6.45, 7) is 6.17. The van der Waals surface area contributed by atoms with Gasteiger partial charge in [0.25, 0.3) is 0 Å². The van der Waals surface area contributed by atoms with E-state index < -0.39 is 36.0 Å². The Hall–Kier alpha value is -4.09. The summed E-state index contributed by atoms with van der Waals surface area (Å²) < 4.78 is 32.3. The highest BCUT2D eigenvalue weighted by atomic mass is 32.2. The lowest BCUT2D eigenvalue weighted by atomic mass is 9.87. The number of aliphatic carboxylic acids is 1. The maximum absolute atomic E-state index is 13.8. The van der Waals surface area contributed by atoms with E-state index in [-0.39, 0.29) is 24.6 Å². The molecular weight excluding hydrogens is 575 g/mol. The van der Waals surface area contributed by atoms with E-state index in [1.807, 2.05) is 62.4 Å². The molecule has 0 aromatic heterocycles. The summed E-state index contributed by atoms with van der Waals surface area (Å²) in [5.41, 5.74) is 1.02. The van der Waals surface area contributed by atoms with Crippen molar-refractivity contribution in [1.29, 1.82) is 0 Å². The van der Waals surface area contributed by atoms with Gasteiger partial charge in [0.15, 0.2) is 5.60 Å². The molecule has 0 bridgehead atoms. The number of carboxylic acids is 1. The lowest BCUT2D eigenvalue weighted by molar-refractivity contribution is -0.166. The summed E-state index contributed by atoms with van der Waals surface area (Å²) in [6, 6.07) is 22.0. The van der Waals surface area contributed by atoms with Crippen LogP contribution in [0.2, 0.25) is 0 Å². The van der Waals surface area contributed by atoms with Crippen LogP contribution >= 0.6 is 11.9 Å². The average Bonchev–Trinajstić information content (AvgIpc) is 2.91. The van der Waals surface area contributed by atoms with Gasteiger partial charge >= 0.3 is 18.0 Å². The van der Waals surface area contributed by atoms with E-state index in [4.69, 9.17) is 14.2 Å². The number of carbonyl (C=O) groups excluding carboxylic acids is 2. The molecule has 2 unspecified atom stereocenters. The number of ether oxygens (including phenoxy) is 3. The minimum Gasteiger partial charge on any atom is -0.480 e. The summed E-state index contributed by atoms with van der Waals surface area (Å²) in [5, 5.41) is 12.1. The van der Waals surface area contributed by atoms with Gasteiger partial charge in [-0.05, 0) is 53.3 Å². The second kappa shape index (κ2) is 14.4. The Morgan fingerprint density at radius 2 is 1.70 bits per heavy atom. The standard InChI is InChI=1S/C32H35FN2O7S/c1-21(2)15-29(36)40-22(3)41-31(39)34-28(30(37)38)17-23-9-7-14-27(16-23)43-35-19-32(20-35,24-10-5-4-6-11-24)42-26-13-8-12-25(33)18-26/h4-14,16,18,21-22,28H,15,17,19-20H2,1-3H3,(H,34,39)(H,37,38). The second-order valence-electron chi connectivity index (χ2n) is 10.8. The zero-order chi connectivity index (χ0) is 31.0. The van der Waals surface area contributed by atoms with Crippen molar-refractivity contribution >= 4 is 30.0 Å². The number of carbonyl (C=O) groups is 3. The van der Waals surface area contributed by atoms with Gasteiger partial charge in [-0.2, -0.15) is 0 Å². The van der Waals surface area contributed by atoms with Gasteiger partial charge in [0.1, 0.15) is 17.6 Å². The summed E-state index contributed by atoms with van der Waals surface area (Å²) >= 11 is 1.49. The van der Waals surface area contributed by atoms with E-state index in [1.54, 1.807) is 18.2 Å². The van der Waals surface area contributed by atoms with E-state index in [9.17, 15) is 23.9 Å². The van der Waals surface area contributed by atoms with Gasteiger partial charge in [0.2, 0.25) is 6.29 Å². The molecule has 43 heavy (non-hydrogen) atoms. The van der Waals surface area contributed by atoms with Crippen molar-refractivity contribution < 1.29 is 38.1 Å². The van der Waals surface area contributed by atoms with Crippen LogP contribution in [-0.4, -0.2) is 52.9 Å². The van der Waals surface area contributed by atoms with Crippen molar-refractivity contribution in [3.05, 3.63) is 95.8 Å².